The maximum atomic E-state index is 13.7. The summed E-state index contributed by atoms with van der Waals surface area (Å²) in [6.07, 6.45) is 0. The average Bonchev–Trinajstić information content (AvgIpc) is 3.45. The fourth-order valence-electron chi connectivity index (χ4n) is 5.09. The van der Waals surface area contributed by atoms with Crippen LogP contribution in [0, 0.1) is 20.8 Å². The maximum Gasteiger partial charge on any atom is 0.301 e. The van der Waals surface area contributed by atoms with E-state index in [1.165, 1.54) is 30.5 Å². The molecule has 3 aromatic carbocycles. The van der Waals surface area contributed by atoms with Crippen LogP contribution in [0.3, 0.4) is 0 Å². The van der Waals surface area contributed by atoms with E-state index in [0.29, 0.717) is 33.5 Å². The molecule has 8 nitrogen and oxygen atoms in total. The molecule has 1 amide bonds. The summed E-state index contributed by atoms with van der Waals surface area (Å²) in [5.74, 6) is -0.491. The number of Topliss-reactive ketones (excluding diaryl/α,β-unsaturated/α-hetero) is 1. The van der Waals surface area contributed by atoms with Crippen LogP contribution in [0.2, 0.25) is 0 Å². The molecule has 1 fully saturated rings. The van der Waals surface area contributed by atoms with Crippen molar-refractivity contribution >= 4 is 44.1 Å². The third kappa shape index (κ3) is 4.28. The number of ether oxygens (including phenoxy) is 3. The number of carbonyl (C=O) groups is 2. The van der Waals surface area contributed by atoms with Crippen LogP contribution in [0.25, 0.3) is 16.0 Å². The Bertz CT molecular complexity index is 1670. The number of para-hydroxylation sites is 1. The van der Waals surface area contributed by atoms with E-state index < -0.39 is 17.7 Å². The van der Waals surface area contributed by atoms with Crippen LogP contribution in [0.5, 0.6) is 17.2 Å². The Labute approximate surface area is 230 Å². The summed E-state index contributed by atoms with van der Waals surface area (Å²) in [6, 6.07) is 13.3. The molecule has 200 valence electrons. The molecule has 1 unspecified atom stereocenters. The van der Waals surface area contributed by atoms with Gasteiger partial charge in [-0.1, -0.05) is 29.5 Å². The number of ketones is 1. The molecule has 5 rings (SSSR count). The molecule has 1 aromatic heterocycles. The second kappa shape index (κ2) is 10.1. The van der Waals surface area contributed by atoms with Crippen LogP contribution in [-0.2, 0) is 9.59 Å². The zero-order valence-corrected chi connectivity index (χ0v) is 23.3. The van der Waals surface area contributed by atoms with Gasteiger partial charge in [-0.05, 0) is 67.8 Å². The number of nitrogens with zero attached hydrogens (tertiary/aromatic N) is 2. The molecule has 1 aliphatic rings. The molecule has 1 N–H and O–H groups in total. The number of hydrogen-bond acceptors (Lipinski definition) is 8. The van der Waals surface area contributed by atoms with Crippen molar-refractivity contribution in [2.45, 2.75) is 26.8 Å². The van der Waals surface area contributed by atoms with E-state index in [-0.39, 0.29) is 11.3 Å². The van der Waals surface area contributed by atoms with Gasteiger partial charge in [0, 0.05) is 11.1 Å². The Morgan fingerprint density at radius 3 is 2.33 bits per heavy atom. The van der Waals surface area contributed by atoms with Gasteiger partial charge in [0.05, 0.1) is 37.1 Å². The molecule has 1 atom stereocenters. The molecule has 4 aromatic rings. The van der Waals surface area contributed by atoms with Gasteiger partial charge in [0.2, 0.25) is 0 Å². The smallest absolute Gasteiger partial charge is 0.301 e. The Balaban J connectivity index is 1.79. The van der Waals surface area contributed by atoms with Crippen molar-refractivity contribution in [3.8, 4) is 17.2 Å². The van der Waals surface area contributed by atoms with Crippen LogP contribution >= 0.6 is 11.3 Å². The molecule has 0 saturated carbocycles. The Morgan fingerprint density at radius 1 is 0.923 bits per heavy atom. The third-order valence-corrected chi connectivity index (χ3v) is 7.87. The molecule has 0 aliphatic carbocycles. The number of carbonyl (C=O) groups excluding carboxylic acids is 2. The Hall–Kier alpha value is -4.37. The van der Waals surface area contributed by atoms with Gasteiger partial charge in [0.25, 0.3) is 5.78 Å². The lowest BCUT2D eigenvalue weighted by atomic mass is 9.94. The number of aryl methyl sites for hydroxylation is 3. The molecule has 0 radical (unpaired) electrons. The average molecular weight is 545 g/mol. The summed E-state index contributed by atoms with van der Waals surface area (Å²) in [7, 11) is 4.56. The number of anilines is 1. The second-order valence-corrected chi connectivity index (χ2v) is 10.4. The summed E-state index contributed by atoms with van der Waals surface area (Å²) in [4.78, 5) is 33.5. The lowest BCUT2D eigenvalue weighted by Gasteiger charge is -2.25. The number of methoxy groups -OCH3 is 3. The first kappa shape index (κ1) is 26.2. The third-order valence-electron chi connectivity index (χ3n) is 6.87. The molecular weight excluding hydrogens is 516 g/mol. The molecular formula is C30H28N2O6S. The van der Waals surface area contributed by atoms with Crippen molar-refractivity contribution in [3.05, 3.63) is 81.9 Å². The highest BCUT2D eigenvalue weighted by molar-refractivity contribution is 7.22. The maximum absolute atomic E-state index is 13.7. The lowest BCUT2D eigenvalue weighted by Crippen LogP contribution is -2.29. The molecule has 9 heteroatoms. The molecule has 0 bridgehead atoms. The first-order valence-corrected chi connectivity index (χ1v) is 13.1. The van der Waals surface area contributed by atoms with E-state index >= 15 is 0 Å². The second-order valence-electron chi connectivity index (χ2n) is 9.36. The van der Waals surface area contributed by atoms with Crippen molar-refractivity contribution in [3.63, 3.8) is 0 Å². The number of aliphatic hydroxyl groups is 1. The fourth-order valence-corrected chi connectivity index (χ4v) is 6.26. The van der Waals surface area contributed by atoms with E-state index in [1.54, 1.807) is 43.5 Å². The molecule has 1 saturated heterocycles. The Morgan fingerprint density at radius 2 is 1.67 bits per heavy atom. The number of rotatable bonds is 6. The van der Waals surface area contributed by atoms with Crippen molar-refractivity contribution in [2.75, 3.05) is 26.2 Å². The summed E-state index contributed by atoms with van der Waals surface area (Å²) >= 11 is 1.32. The molecule has 1 aliphatic heterocycles. The summed E-state index contributed by atoms with van der Waals surface area (Å²) < 4.78 is 17.5. The molecule has 39 heavy (non-hydrogen) atoms. The summed E-state index contributed by atoms with van der Waals surface area (Å²) in [5.41, 5.74) is 4.35. The van der Waals surface area contributed by atoms with Crippen molar-refractivity contribution in [1.82, 2.24) is 4.98 Å². The number of thiazole rings is 1. The Kier molecular flexibility index (Phi) is 6.78. The van der Waals surface area contributed by atoms with E-state index in [9.17, 15) is 14.7 Å². The van der Waals surface area contributed by atoms with Gasteiger partial charge in [-0.3, -0.25) is 14.5 Å². The number of aliphatic hydroxyl groups excluding tert-OH is 1. The number of hydrogen-bond donors (Lipinski definition) is 1. The lowest BCUT2D eigenvalue weighted by molar-refractivity contribution is -0.132. The zero-order chi connectivity index (χ0) is 28.0. The summed E-state index contributed by atoms with van der Waals surface area (Å²) in [6.45, 7) is 5.79. The van der Waals surface area contributed by atoms with Gasteiger partial charge < -0.3 is 19.3 Å². The minimum atomic E-state index is -1.01. The monoisotopic (exact) mass is 544 g/mol. The van der Waals surface area contributed by atoms with Gasteiger partial charge in [0.1, 0.15) is 17.6 Å². The largest absolute Gasteiger partial charge is 0.507 e. The molecule has 2 heterocycles. The van der Waals surface area contributed by atoms with Gasteiger partial charge in [-0.25, -0.2) is 4.98 Å². The minimum Gasteiger partial charge on any atom is -0.507 e. The molecule has 0 spiro atoms. The topological polar surface area (TPSA) is 98.2 Å². The predicted octanol–water partition coefficient (Wildman–Crippen LogP) is 5.87. The van der Waals surface area contributed by atoms with Crippen LogP contribution in [0.4, 0.5) is 5.13 Å². The van der Waals surface area contributed by atoms with E-state index in [2.05, 4.69) is 0 Å². The van der Waals surface area contributed by atoms with Gasteiger partial charge in [0.15, 0.2) is 16.6 Å². The van der Waals surface area contributed by atoms with E-state index in [1.807, 2.05) is 32.9 Å². The van der Waals surface area contributed by atoms with Gasteiger partial charge in [-0.15, -0.1) is 0 Å². The standard InChI is InChI=1S/C30H28N2O6S/c1-15-12-17(3)24-22(13-15)39-30(31-24)32-25(19-8-7-9-21(37-5)28(19)38-6)23(27(34)29(32)35)26(33)18-10-11-20(36-4)16(2)14-18/h7-14,25,33H,1-6H3/b26-23+. The minimum absolute atomic E-state index is 0.0664. The highest BCUT2D eigenvalue weighted by atomic mass is 32.1. The van der Waals surface area contributed by atoms with Crippen LogP contribution in [0.15, 0.2) is 54.1 Å². The predicted molar refractivity (Wildman–Crippen MR) is 151 cm³/mol. The quantitative estimate of drug-likeness (QED) is 0.184. The van der Waals surface area contributed by atoms with Crippen LogP contribution in [-0.4, -0.2) is 43.1 Å². The van der Waals surface area contributed by atoms with E-state index in [0.717, 1.165) is 26.9 Å². The highest BCUT2D eigenvalue weighted by Gasteiger charge is 2.49. The number of benzene rings is 3. The highest BCUT2D eigenvalue weighted by Crippen LogP contribution is 2.48. The SMILES string of the molecule is COc1ccc(/C(O)=C2\C(=O)C(=O)N(c3nc4c(C)cc(C)cc4s3)C2c2cccc(OC)c2OC)cc1C. The number of fused-ring (bicyclic) bond motifs is 1. The van der Waals surface area contributed by atoms with Crippen molar-refractivity contribution in [1.29, 1.82) is 0 Å². The van der Waals surface area contributed by atoms with Crippen LogP contribution < -0.4 is 19.1 Å². The van der Waals surface area contributed by atoms with Crippen molar-refractivity contribution < 1.29 is 28.9 Å². The first-order chi connectivity index (χ1) is 18.7. The first-order valence-electron chi connectivity index (χ1n) is 12.2. The van der Waals surface area contributed by atoms with E-state index in [4.69, 9.17) is 19.2 Å². The van der Waals surface area contributed by atoms with Crippen LogP contribution in [0.1, 0.15) is 33.9 Å². The number of aromatic nitrogens is 1. The summed E-state index contributed by atoms with van der Waals surface area (Å²) in [5, 5.41) is 11.9. The zero-order valence-electron chi connectivity index (χ0n) is 22.5. The van der Waals surface area contributed by atoms with Gasteiger partial charge in [-0.2, -0.15) is 0 Å². The van der Waals surface area contributed by atoms with Crippen molar-refractivity contribution in [2.24, 2.45) is 0 Å². The van der Waals surface area contributed by atoms with Gasteiger partial charge >= 0.3 is 5.91 Å². The normalized spacial score (nSPS) is 16.7. The number of amides is 1. The fraction of sp³-hybridized carbons (Fsp3) is 0.233.